The number of benzene rings is 1. The van der Waals surface area contributed by atoms with E-state index in [9.17, 15) is 4.79 Å². The zero-order valence-electron chi connectivity index (χ0n) is 14.9. The first kappa shape index (κ1) is 17.6. The number of carbonyl (C=O) groups is 1. The molecule has 1 fully saturated rings. The van der Waals surface area contributed by atoms with Gasteiger partial charge in [0.1, 0.15) is 5.54 Å². The summed E-state index contributed by atoms with van der Waals surface area (Å²) in [4.78, 5) is 12.4. The third-order valence-electron chi connectivity index (χ3n) is 4.72. The average molecular weight is 343 g/mol. The zero-order chi connectivity index (χ0) is 17.7. The lowest BCUT2D eigenvalue weighted by Crippen LogP contribution is -2.53. The Labute approximate surface area is 148 Å². The fourth-order valence-corrected chi connectivity index (χ4v) is 3.26. The number of carbonyl (C=O) groups excluding carboxylic acids is 1. The van der Waals surface area contributed by atoms with Gasteiger partial charge in [0.05, 0.1) is 13.2 Å². The van der Waals surface area contributed by atoms with Crippen molar-refractivity contribution in [3.05, 3.63) is 35.7 Å². The molecule has 1 aliphatic carbocycles. The van der Waals surface area contributed by atoms with Gasteiger partial charge in [-0.1, -0.05) is 37.0 Å². The van der Waals surface area contributed by atoms with Gasteiger partial charge in [-0.25, -0.2) is 0 Å². The highest BCUT2D eigenvalue weighted by Gasteiger charge is 2.40. The van der Waals surface area contributed by atoms with E-state index in [2.05, 4.69) is 15.5 Å². The van der Waals surface area contributed by atoms with Crippen LogP contribution in [0.2, 0.25) is 0 Å². The minimum atomic E-state index is -0.632. The summed E-state index contributed by atoms with van der Waals surface area (Å²) in [5.74, 6) is 0.795. The Morgan fingerprint density at radius 3 is 2.60 bits per heavy atom. The molecule has 0 unspecified atom stereocenters. The molecule has 0 atom stereocenters. The van der Waals surface area contributed by atoms with Crippen molar-refractivity contribution in [2.24, 2.45) is 0 Å². The van der Waals surface area contributed by atoms with Gasteiger partial charge < -0.3 is 9.15 Å². The van der Waals surface area contributed by atoms with E-state index in [4.69, 9.17) is 9.15 Å². The molecule has 1 aromatic heterocycles. The van der Waals surface area contributed by atoms with Gasteiger partial charge in [-0.3, -0.25) is 10.1 Å². The second-order valence-corrected chi connectivity index (χ2v) is 6.58. The third kappa shape index (κ3) is 4.07. The van der Waals surface area contributed by atoms with Crippen molar-refractivity contribution in [2.75, 3.05) is 6.61 Å². The second-order valence-electron chi connectivity index (χ2n) is 6.58. The Morgan fingerprint density at radius 2 is 1.92 bits per heavy atom. The molecule has 1 N–H and O–H groups in total. The van der Waals surface area contributed by atoms with Crippen molar-refractivity contribution in [2.45, 2.75) is 58.0 Å². The molecule has 6 heteroatoms. The molecule has 1 heterocycles. The van der Waals surface area contributed by atoms with Crippen LogP contribution in [0.25, 0.3) is 11.5 Å². The van der Waals surface area contributed by atoms with Crippen LogP contribution in [-0.4, -0.2) is 28.3 Å². The van der Waals surface area contributed by atoms with Crippen molar-refractivity contribution in [3.63, 3.8) is 0 Å². The van der Waals surface area contributed by atoms with Gasteiger partial charge in [0, 0.05) is 5.56 Å². The van der Waals surface area contributed by atoms with E-state index >= 15 is 0 Å². The lowest BCUT2D eigenvalue weighted by Gasteiger charge is -2.35. The van der Waals surface area contributed by atoms with Crippen molar-refractivity contribution >= 4 is 5.97 Å². The number of hydrogen-bond acceptors (Lipinski definition) is 6. The lowest BCUT2D eigenvalue weighted by molar-refractivity contribution is -0.153. The first-order chi connectivity index (χ1) is 12.1. The van der Waals surface area contributed by atoms with Crippen LogP contribution >= 0.6 is 0 Å². The summed E-state index contributed by atoms with van der Waals surface area (Å²) in [6.45, 7) is 4.62. The number of hydrogen-bond donors (Lipinski definition) is 1. The topological polar surface area (TPSA) is 77.2 Å². The normalized spacial score (nSPS) is 16.6. The molecular weight excluding hydrogens is 318 g/mol. The fourth-order valence-electron chi connectivity index (χ4n) is 3.26. The van der Waals surface area contributed by atoms with Crippen LogP contribution in [0, 0.1) is 6.92 Å². The molecule has 0 bridgehead atoms. The van der Waals surface area contributed by atoms with Crippen LogP contribution < -0.4 is 5.32 Å². The highest BCUT2D eigenvalue weighted by atomic mass is 16.5. The number of aryl methyl sites for hydroxylation is 1. The van der Waals surface area contributed by atoms with Crippen molar-refractivity contribution < 1.29 is 13.9 Å². The van der Waals surface area contributed by atoms with E-state index in [-0.39, 0.29) is 5.97 Å². The van der Waals surface area contributed by atoms with Crippen molar-refractivity contribution in [1.82, 2.24) is 15.5 Å². The van der Waals surface area contributed by atoms with E-state index in [0.29, 0.717) is 24.9 Å². The monoisotopic (exact) mass is 343 g/mol. The maximum Gasteiger partial charge on any atom is 0.326 e. The minimum Gasteiger partial charge on any atom is -0.465 e. The molecule has 0 aliphatic heterocycles. The van der Waals surface area contributed by atoms with E-state index in [0.717, 1.165) is 37.7 Å². The van der Waals surface area contributed by atoms with Crippen LogP contribution in [0.3, 0.4) is 0 Å². The molecule has 0 spiro atoms. The summed E-state index contributed by atoms with van der Waals surface area (Å²) in [5, 5.41) is 11.6. The van der Waals surface area contributed by atoms with Crippen LogP contribution in [0.15, 0.2) is 28.7 Å². The maximum atomic E-state index is 12.4. The molecule has 134 valence electrons. The first-order valence-electron chi connectivity index (χ1n) is 8.95. The van der Waals surface area contributed by atoms with Gasteiger partial charge in [-0.05, 0) is 38.8 Å². The molecule has 3 rings (SSSR count). The summed E-state index contributed by atoms with van der Waals surface area (Å²) in [7, 11) is 0. The van der Waals surface area contributed by atoms with Gasteiger partial charge in [-0.2, -0.15) is 0 Å². The van der Waals surface area contributed by atoms with Gasteiger partial charge in [-0.15, -0.1) is 10.2 Å². The van der Waals surface area contributed by atoms with Crippen LogP contribution in [0.4, 0.5) is 0 Å². The predicted molar refractivity (Wildman–Crippen MR) is 93.8 cm³/mol. The lowest BCUT2D eigenvalue weighted by atomic mass is 9.81. The first-order valence-corrected chi connectivity index (χ1v) is 8.95. The molecule has 1 aromatic carbocycles. The zero-order valence-corrected chi connectivity index (χ0v) is 14.9. The van der Waals surface area contributed by atoms with Gasteiger partial charge in [0.15, 0.2) is 0 Å². The molecule has 1 aliphatic rings. The molecule has 25 heavy (non-hydrogen) atoms. The van der Waals surface area contributed by atoms with Gasteiger partial charge in [0.2, 0.25) is 11.8 Å². The standard InChI is InChI=1S/C19H25N3O3/c1-3-24-18(23)19(11-5-4-6-12-19)20-13-16-21-22-17(25-16)15-9-7-14(2)8-10-15/h7-10,20H,3-6,11-13H2,1-2H3. The van der Waals surface area contributed by atoms with Crippen molar-refractivity contribution in [1.29, 1.82) is 0 Å². The summed E-state index contributed by atoms with van der Waals surface area (Å²) < 4.78 is 11.0. The third-order valence-corrected chi connectivity index (χ3v) is 4.72. The molecule has 0 radical (unpaired) electrons. The quantitative estimate of drug-likeness (QED) is 0.810. The highest BCUT2D eigenvalue weighted by Crippen LogP contribution is 2.30. The van der Waals surface area contributed by atoms with Crippen LogP contribution in [-0.2, 0) is 16.1 Å². The SMILES string of the molecule is CCOC(=O)C1(NCc2nnc(-c3ccc(C)cc3)o2)CCCCC1. The highest BCUT2D eigenvalue weighted by molar-refractivity contribution is 5.81. The maximum absolute atomic E-state index is 12.4. The van der Waals surface area contributed by atoms with Crippen LogP contribution in [0.5, 0.6) is 0 Å². The number of esters is 1. The van der Waals surface area contributed by atoms with E-state index in [1.165, 1.54) is 5.56 Å². The van der Waals surface area contributed by atoms with Gasteiger partial charge in [0.25, 0.3) is 0 Å². The number of nitrogens with zero attached hydrogens (tertiary/aromatic N) is 2. The summed E-state index contributed by atoms with van der Waals surface area (Å²) in [5.41, 5.74) is 1.44. The molecule has 6 nitrogen and oxygen atoms in total. The molecule has 0 saturated heterocycles. The molecule has 0 amide bonds. The van der Waals surface area contributed by atoms with Crippen LogP contribution in [0.1, 0.15) is 50.5 Å². The molecule has 2 aromatic rings. The largest absolute Gasteiger partial charge is 0.465 e. The average Bonchev–Trinajstić information content (AvgIpc) is 3.11. The Morgan fingerprint density at radius 1 is 1.20 bits per heavy atom. The number of ether oxygens (including phenoxy) is 1. The summed E-state index contributed by atoms with van der Waals surface area (Å²) in [6.07, 6.45) is 4.76. The Hall–Kier alpha value is -2.21. The molecule has 1 saturated carbocycles. The summed E-state index contributed by atoms with van der Waals surface area (Å²) in [6, 6.07) is 7.94. The minimum absolute atomic E-state index is 0.173. The summed E-state index contributed by atoms with van der Waals surface area (Å²) >= 11 is 0. The number of aromatic nitrogens is 2. The van der Waals surface area contributed by atoms with Crippen molar-refractivity contribution in [3.8, 4) is 11.5 Å². The number of nitrogens with one attached hydrogen (secondary N) is 1. The predicted octanol–water partition coefficient (Wildman–Crippen LogP) is 3.40. The smallest absolute Gasteiger partial charge is 0.326 e. The Bertz CT molecular complexity index is 703. The number of rotatable bonds is 6. The van der Waals surface area contributed by atoms with E-state index in [1.807, 2.05) is 38.1 Å². The second kappa shape index (κ2) is 7.78. The fraction of sp³-hybridized carbons (Fsp3) is 0.526. The van der Waals surface area contributed by atoms with Gasteiger partial charge >= 0.3 is 5.97 Å². The Balaban J connectivity index is 1.69. The molecular formula is C19H25N3O3. The van der Waals surface area contributed by atoms with E-state index < -0.39 is 5.54 Å². The van der Waals surface area contributed by atoms with E-state index in [1.54, 1.807) is 0 Å². The Kier molecular flexibility index (Phi) is 5.48.